The second kappa shape index (κ2) is 4.65. The number of rotatable bonds is 1. The monoisotopic (exact) mass is 265 g/mol. The molecule has 1 aliphatic rings. The molecule has 0 bridgehead atoms. The lowest BCUT2D eigenvalue weighted by Crippen LogP contribution is -2.27. The lowest BCUT2D eigenvalue weighted by Gasteiger charge is -2.29. The minimum absolute atomic E-state index is 0.781. The minimum atomic E-state index is 0.781. The van der Waals surface area contributed by atoms with Gasteiger partial charge in [-0.2, -0.15) is 0 Å². The lowest BCUT2D eigenvalue weighted by atomic mass is 10.1. The third kappa shape index (κ3) is 2.31. The third-order valence-electron chi connectivity index (χ3n) is 2.63. The summed E-state index contributed by atoms with van der Waals surface area (Å²) in [5.74, 6) is 2.05. The van der Waals surface area contributed by atoms with Crippen molar-refractivity contribution in [3.63, 3.8) is 0 Å². The first-order valence-electron chi connectivity index (χ1n) is 5.08. The molecule has 2 nitrogen and oxygen atoms in total. The molecule has 3 heteroatoms. The van der Waals surface area contributed by atoms with Crippen LogP contribution in [0.1, 0.15) is 19.3 Å². The van der Waals surface area contributed by atoms with Gasteiger partial charge in [0.2, 0.25) is 0 Å². The van der Waals surface area contributed by atoms with Gasteiger partial charge in [-0.3, -0.25) is 0 Å². The molecule has 2 rings (SSSR count). The van der Waals surface area contributed by atoms with E-state index >= 15 is 0 Å². The zero-order chi connectivity index (χ0) is 10.7. The predicted molar refractivity (Wildman–Crippen MR) is 64.5 cm³/mol. The summed E-state index contributed by atoms with van der Waals surface area (Å²) in [5, 5.41) is 0. The second-order valence-electron chi connectivity index (χ2n) is 3.63. The van der Waals surface area contributed by atoms with E-state index in [-0.39, 0.29) is 0 Å². The third-order valence-corrected chi connectivity index (χ3v) is 3.16. The first kappa shape index (κ1) is 10.5. The molecule has 78 valence electrons. The molecule has 0 saturated carbocycles. The average Bonchev–Trinajstić information content (AvgIpc) is 2.30. The Hall–Kier alpha value is -1.05. The van der Waals surface area contributed by atoms with E-state index in [4.69, 9.17) is 0 Å². The Morgan fingerprint density at radius 3 is 2.60 bits per heavy atom. The van der Waals surface area contributed by atoms with Crippen molar-refractivity contribution in [2.45, 2.75) is 19.3 Å². The van der Waals surface area contributed by atoms with Crippen LogP contribution in [0.5, 0.6) is 0 Å². The van der Waals surface area contributed by atoms with Crippen molar-refractivity contribution in [1.29, 1.82) is 0 Å². The molecule has 1 aromatic rings. The lowest BCUT2D eigenvalue weighted by molar-refractivity contribution is 0.558. The van der Waals surface area contributed by atoms with Crippen LogP contribution >= 0.6 is 15.9 Å². The van der Waals surface area contributed by atoms with Crippen molar-refractivity contribution < 1.29 is 4.79 Å². The van der Waals surface area contributed by atoms with E-state index in [2.05, 4.69) is 20.8 Å². The fourth-order valence-corrected chi connectivity index (χ4v) is 2.11. The van der Waals surface area contributed by atoms with Crippen LogP contribution in [0.25, 0.3) is 0 Å². The largest absolute Gasteiger partial charge is 0.336 e. The zero-order valence-corrected chi connectivity index (χ0v) is 9.96. The molecule has 0 spiro atoms. The van der Waals surface area contributed by atoms with E-state index in [0.717, 1.165) is 41.7 Å². The number of nitrogens with zero attached hydrogens (tertiary/aromatic N) is 1. The van der Waals surface area contributed by atoms with Gasteiger partial charge >= 0.3 is 0 Å². The summed E-state index contributed by atoms with van der Waals surface area (Å²) in [6.07, 6.45) is 3.08. The molecular weight excluding hydrogens is 254 g/mol. The summed E-state index contributed by atoms with van der Waals surface area (Å²) >= 11 is 3.40. The maximum atomic E-state index is 10.8. The fourth-order valence-electron chi connectivity index (χ4n) is 1.84. The number of halogens is 1. The molecule has 0 aromatic heterocycles. The Kier molecular flexibility index (Phi) is 3.24. The van der Waals surface area contributed by atoms with Gasteiger partial charge in [-0.1, -0.05) is 15.9 Å². The highest BCUT2D eigenvalue weighted by Gasteiger charge is 2.17. The van der Waals surface area contributed by atoms with Crippen LogP contribution in [0.3, 0.4) is 0 Å². The second-order valence-corrected chi connectivity index (χ2v) is 4.55. The summed E-state index contributed by atoms with van der Waals surface area (Å²) < 4.78 is 1.06. The van der Waals surface area contributed by atoms with E-state index in [9.17, 15) is 4.79 Å². The van der Waals surface area contributed by atoms with Crippen LogP contribution in [0.15, 0.2) is 34.4 Å². The summed E-state index contributed by atoms with van der Waals surface area (Å²) in [6, 6.07) is 8.03. The zero-order valence-electron chi connectivity index (χ0n) is 8.37. The van der Waals surface area contributed by atoms with Gasteiger partial charge in [0, 0.05) is 16.7 Å². The van der Waals surface area contributed by atoms with Crippen LogP contribution in [0.4, 0.5) is 5.69 Å². The Bertz CT molecular complexity index is 393. The molecule has 1 saturated heterocycles. The molecule has 1 aliphatic heterocycles. The Labute approximate surface area is 97.7 Å². The maximum absolute atomic E-state index is 10.8. The van der Waals surface area contributed by atoms with Gasteiger partial charge in [0.05, 0.1) is 0 Å². The van der Waals surface area contributed by atoms with E-state index in [1.54, 1.807) is 0 Å². The topological polar surface area (TPSA) is 20.3 Å². The number of allylic oxidation sites excluding steroid dienone is 1. The smallest absolute Gasteiger partial charge is 0.146 e. The van der Waals surface area contributed by atoms with Crippen LogP contribution in [-0.2, 0) is 4.79 Å². The first-order chi connectivity index (χ1) is 7.31. The summed E-state index contributed by atoms with van der Waals surface area (Å²) in [5.41, 5.74) is 1.86. The molecule has 0 radical (unpaired) electrons. The quantitative estimate of drug-likeness (QED) is 0.728. The van der Waals surface area contributed by atoms with Gasteiger partial charge in [0.1, 0.15) is 11.6 Å². The molecule has 15 heavy (non-hydrogen) atoms. The van der Waals surface area contributed by atoms with Gasteiger partial charge in [-0.05, 0) is 43.5 Å². The highest BCUT2D eigenvalue weighted by molar-refractivity contribution is 9.10. The van der Waals surface area contributed by atoms with Gasteiger partial charge in [-0.25, -0.2) is 4.79 Å². The van der Waals surface area contributed by atoms with Crippen molar-refractivity contribution in [3.8, 4) is 0 Å². The van der Waals surface area contributed by atoms with Crippen LogP contribution in [-0.4, -0.2) is 12.5 Å². The van der Waals surface area contributed by atoms with Crippen LogP contribution < -0.4 is 4.90 Å². The van der Waals surface area contributed by atoms with Crippen molar-refractivity contribution >= 4 is 27.6 Å². The molecule has 0 atom stereocenters. The summed E-state index contributed by atoms with van der Waals surface area (Å²) in [6.45, 7) is 0.923. The Morgan fingerprint density at radius 2 is 1.93 bits per heavy atom. The van der Waals surface area contributed by atoms with E-state index in [1.807, 2.05) is 30.2 Å². The molecule has 1 fully saturated rings. The number of piperidine rings is 1. The number of benzene rings is 1. The van der Waals surface area contributed by atoms with Gasteiger partial charge in [-0.15, -0.1) is 0 Å². The van der Waals surface area contributed by atoms with E-state index in [0.29, 0.717) is 0 Å². The molecule has 0 amide bonds. The molecule has 1 heterocycles. The van der Waals surface area contributed by atoms with Gasteiger partial charge < -0.3 is 4.90 Å². The van der Waals surface area contributed by atoms with E-state index < -0.39 is 0 Å². The van der Waals surface area contributed by atoms with E-state index in [1.165, 1.54) is 0 Å². The standard InChI is InChI=1S/C12H12BrNO/c13-10-4-6-11(7-5-10)14-8-2-1-3-12(14)9-15/h4-7H,1-3,8H2. The molecule has 0 unspecified atom stereocenters. The van der Waals surface area contributed by atoms with Gasteiger partial charge in [0.15, 0.2) is 0 Å². The van der Waals surface area contributed by atoms with Crippen LogP contribution in [0.2, 0.25) is 0 Å². The van der Waals surface area contributed by atoms with Crippen molar-refractivity contribution in [1.82, 2.24) is 0 Å². The summed E-state index contributed by atoms with van der Waals surface area (Å²) in [7, 11) is 0. The normalized spacial score (nSPS) is 16.3. The fraction of sp³-hybridized carbons (Fsp3) is 0.333. The average molecular weight is 266 g/mol. The number of carbonyl (C=O) groups excluding carboxylic acids is 1. The Morgan fingerprint density at radius 1 is 1.20 bits per heavy atom. The SMILES string of the molecule is O=C=C1CCCCN1c1ccc(Br)cc1. The molecule has 0 aliphatic carbocycles. The molecule has 0 N–H and O–H groups in total. The Balaban J connectivity index is 2.28. The molecular formula is C12H12BrNO. The predicted octanol–water partition coefficient (Wildman–Crippen LogP) is 3.15. The van der Waals surface area contributed by atoms with Gasteiger partial charge in [0.25, 0.3) is 0 Å². The number of anilines is 1. The highest BCUT2D eigenvalue weighted by atomic mass is 79.9. The molecule has 1 aromatic carbocycles. The maximum Gasteiger partial charge on any atom is 0.146 e. The summed E-state index contributed by atoms with van der Waals surface area (Å²) in [4.78, 5) is 12.9. The van der Waals surface area contributed by atoms with Crippen molar-refractivity contribution in [3.05, 3.63) is 34.4 Å². The minimum Gasteiger partial charge on any atom is -0.336 e. The van der Waals surface area contributed by atoms with Crippen molar-refractivity contribution in [2.24, 2.45) is 0 Å². The highest BCUT2D eigenvalue weighted by Crippen LogP contribution is 2.26. The van der Waals surface area contributed by atoms with Crippen LogP contribution in [0, 0.1) is 0 Å². The number of hydrogen-bond acceptors (Lipinski definition) is 2. The van der Waals surface area contributed by atoms with Crippen molar-refractivity contribution in [2.75, 3.05) is 11.4 Å². The first-order valence-corrected chi connectivity index (χ1v) is 5.87. The number of hydrogen-bond donors (Lipinski definition) is 0.